The Hall–Kier alpha value is -2.01. The predicted molar refractivity (Wildman–Crippen MR) is 93.9 cm³/mol. The van der Waals surface area contributed by atoms with Gasteiger partial charge in [0.2, 0.25) is 0 Å². The Morgan fingerprint density at radius 3 is 2.61 bits per heavy atom. The highest BCUT2D eigenvalue weighted by atomic mass is 16.3. The van der Waals surface area contributed by atoms with Crippen molar-refractivity contribution in [3.05, 3.63) is 42.2 Å². The van der Waals surface area contributed by atoms with E-state index in [-0.39, 0.29) is 12.6 Å². The molecule has 0 bridgehead atoms. The minimum absolute atomic E-state index is 0.106. The lowest BCUT2D eigenvalue weighted by atomic mass is 10.1. The standard InChI is InChI=1S/C18H26N4O/c1-15(20-17-13-19-22(14-17)11-12-23)16-5-7-18(8-6-16)21-9-3-2-4-10-21/h5-8,13-15,20,23H,2-4,9-12H2,1H3. The number of aliphatic hydroxyl groups excluding tert-OH is 1. The summed E-state index contributed by atoms with van der Waals surface area (Å²) < 4.78 is 1.74. The maximum Gasteiger partial charge on any atom is 0.0731 e. The molecule has 0 spiro atoms. The van der Waals surface area contributed by atoms with E-state index in [4.69, 9.17) is 5.11 Å². The summed E-state index contributed by atoms with van der Waals surface area (Å²) in [6, 6.07) is 9.10. The quantitative estimate of drug-likeness (QED) is 0.860. The molecule has 1 aliphatic heterocycles. The second-order valence-electron chi connectivity index (χ2n) is 6.22. The molecule has 2 aromatic rings. The molecular weight excluding hydrogens is 288 g/mol. The van der Waals surface area contributed by atoms with Crippen LogP contribution in [0.1, 0.15) is 37.8 Å². The zero-order valence-corrected chi connectivity index (χ0v) is 13.8. The van der Waals surface area contributed by atoms with Crippen LogP contribution in [-0.2, 0) is 6.54 Å². The van der Waals surface area contributed by atoms with Crippen molar-refractivity contribution in [2.45, 2.75) is 38.8 Å². The first-order valence-corrected chi connectivity index (χ1v) is 8.51. The molecule has 3 rings (SSSR count). The lowest BCUT2D eigenvalue weighted by Gasteiger charge is -2.29. The van der Waals surface area contributed by atoms with Gasteiger partial charge in [0, 0.05) is 31.0 Å². The topological polar surface area (TPSA) is 53.3 Å². The van der Waals surface area contributed by atoms with Crippen molar-refractivity contribution < 1.29 is 5.11 Å². The molecule has 1 saturated heterocycles. The number of aliphatic hydroxyl groups is 1. The number of hydrogen-bond acceptors (Lipinski definition) is 4. The third-order valence-electron chi connectivity index (χ3n) is 4.46. The van der Waals surface area contributed by atoms with Crippen LogP contribution in [-0.4, -0.2) is 34.6 Å². The highest BCUT2D eigenvalue weighted by Crippen LogP contribution is 2.24. The van der Waals surface area contributed by atoms with Crippen LogP contribution in [0.3, 0.4) is 0 Å². The Labute approximate surface area is 137 Å². The van der Waals surface area contributed by atoms with Gasteiger partial charge in [0.05, 0.1) is 25.0 Å². The molecule has 5 heteroatoms. The van der Waals surface area contributed by atoms with Gasteiger partial charge in [-0.2, -0.15) is 5.10 Å². The van der Waals surface area contributed by atoms with Gasteiger partial charge in [0.25, 0.3) is 0 Å². The Balaban J connectivity index is 1.61. The molecule has 0 saturated carbocycles. The van der Waals surface area contributed by atoms with Gasteiger partial charge < -0.3 is 15.3 Å². The Kier molecular flexibility index (Phi) is 5.18. The van der Waals surface area contributed by atoms with Gasteiger partial charge in [-0.25, -0.2) is 0 Å². The second-order valence-corrected chi connectivity index (χ2v) is 6.22. The number of nitrogens with one attached hydrogen (secondary N) is 1. The van der Waals surface area contributed by atoms with Gasteiger partial charge in [0.15, 0.2) is 0 Å². The number of benzene rings is 1. The van der Waals surface area contributed by atoms with Gasteiger partial charge in [-0.3, -0.25) is 4.68 Å². The lowest BCUT2D eigenvalue weighted by molar-refractivity contribution is 0.269. The number of nitrogens with zero attached hydrogens (tertiary/aromatic N) is 3. The van der Waals surface area contributed by atoms with E-state index in [0.717, 1.165) is 5.69 Å². The van der Waals surface area contributed by atoms with Crippen molar-refractivity contribution >= 4 is 11.4 Å². The summed E-state index contributed by atoms with van der Waals surface area (Å²) in [7, 11) is 0. The Morgan fingerprint density at radius 1 is 1.17 bits per heavy atom. The summed E-state index contributed by atoms with van der Waals surface area (Å²) in [5.41, 5.74) is 3.57. The number of anilines is 2. The molecule has 1 unspecified atom stereocenters. The Morgan fingerprint density at radius 2 is 1.91 bits per heavy atom. The predicted octanol–water partition coefficient (Wildman–Crippen LogP) is 3.04. The summed E-state index contributed by atoms with van der Waals surface area (Å²) in [6.45, 7) is 5.14. The van der Waals surface area contributed by atoms with Crippen LogP contribution in [0.4, 0.5) is 11.4 Å². The fourth-order valence-corrected chi connectivity index (χ4v) is 3.12. The SMILES string of the molecule is CC(Nc1cnn(CCO)c1)c1ccc(N2CCCCC2)cc1. The van der Waals surface area contributed by atoms with E-state index >= 15 is 0 Å². The van der Waals surface area contributed by atoms with Crippen molar-refractivity contribution in [3.63, 3.8) is 0 Å². The minimum atomic E-state index is 0.106. The van der Waals surface area contributed by atoms with Crippen molar-refractivity contribution in [3.8, 4) is 0 Å². The molecule has 23 heavy (non-hydrogen) atoms. The van der Waals surface area contributed by atoms with E-state index in [0.29, 0.717) is 6.54 Å². The molecule has 0 aliphatic carbocycles. The van der Waals surface area contributed by atoms with Gasteiger partial charge in [-0.15, -0.1) is 0 Å². The number of piperidine rings is 1. The lowest BCUT2D eigenvalue weighted by Crippen LogP contribution is -2.29. The van der Waals surface area contributed by atoms with E-state index in [2.05, 4.69) is 46.5 Å². The van der Waals surface area contributed by atoms with Crippen LogP contribution < -0.4 is 10.2 Å². The maximum absolute atomic E-state index is 8.94. The zero-order chi connectivity index (χ0) is 16.1. The highest BCUT2D eigenvalue weighted by molar-refractivity contribution is 5.49. The minimum Gasteiger partial charge on any atom is -0.394 e. The summed E-state index contributed by atoms with van der Waals surface area (Å²) in [6.07, 6.45) is 7.69. The molecule has 1 aliphatic rings. The van der Waals surface area contributed by atoms with Crippen LogP contribution in [0.2, 0.25) is 0 Å². The zero-order valence-electron chi connectivity index (χ0n) is 13.8. The third kappa shape index (κ3) is 4.05. The maximum atomic E-state index is 8.94. The summed E-state index contributed by atoms with van der Waals surface area (Å²) in [5, 5.41) is 16.6. The molecule has 1 aromatic carbocycles. The summed E-state index contributed by atoms with van der Waals surface area (Å²) >= 11 is 0. The van der Waals surface area contributed by atoms with Crippen LogP contribution in [0.5, 0.6) is 0 Å². The van der Waals surface area contributed by atoms with Gasteiger partial charge in [0.1, 0.15) is 0 Å². The molecule has 2 N–H and O–H groups in total. The molecule has 124 valence electrons. The summed E-state index contributed by atoms with van der Waals surface area (Å²) in [4.78, 5) is 2.48. The average Bonchev–Trinajstić information content (AvgIpc) is 3.03. The van der Waals surface area contributed by atoms with Crippen LogP contribution in [0.25, 0.3) is 0 Å². The molecule has 5 nitrogen and oxygen atoms in total. The fraction of sp³-hybridized carbons (Fsp3) is 0.500. The molecule has 0 radical (unpaired) electrons. The van der Waals surface area contributed by atoms with Crippen LogP contribution in [0.15, 0.2) is 36.7 Å². The first-order chi connectivity index (χ1) is 11.3. The second kappa shape index (κ2) is 7.51. The molecular formula is C18H26N4O. The van der Waals surface area contributed by atoms with E-state index in [1.165, 1.54) is 43.6 Å². The Bertz CT molecular complexity index is 602. The monoisotopic (exact) mass is 314 g/mol. The third-order valence-corrected chi connectivity index (χ3v) is 4.46. The van der Waals surface area contributed by atoms with Crippen LogP contribution in [0, 0.1) is 0 Å². The number of hydrogen-bond donors (Lipinski definition) is 2. The molecule has 2 heterocycles. The summed E-state index contributed by atoms with van der Waals surface area (Å²) in [5.74, 6) is 0. The van der Waals surface area contributed by atoms with Gasteiger partial charge in [-0.1, -0.05) is 12.1 Å². The molecule has 1 fully saturated rings. The first kappa shape index (κ1) is 15.9. The van der Waals surface area contributed by atoms with Gasteiger partial charge >= 0.3 is 0 Å². The highest BCUT2D eigenvalue weighted by Gasteiger charge is 2.12. The van der Waals surface area contributed by atoms with Crippen molar-refractivity contribution in [2.24, 2.45) is 0 Å². The van der Waals surface area contributed by atoms with Crippen molar-refractivity contribution in [1.82, 2.24) is 9.78 Å². The fourth-order valence-electron chi connectivity index (χ4n) is 3.12. The normalized spacial score (nSPS) is 16.3. The average molecular weight is 314 g/mol. The van der Waals surface area contributed by atoms with E-state index in [1.54, 1.807) is 10.9 Å². The van der Waals surface area contributed by atoms with E-state index < -0.39 is 0 Å². The smallest absolute Gasteiger partial charge is 0.0731 e. The number of rotatable bonds is 6. The van der Waals surface area contributed by atoms with Crippen molar-refractivity contribution in [1.29, 1.82) is 0 Å². The van der Waals surface area contributed by atoms with E-state index in [9.17, 15) is 0 Å². The first-order valence-electron chi connectivity index (χ1n) is 8.51. The van der Waals surface area contributed by atoms with Gasteiger partial charge in [-0.05, 0) is 43.9 Å². The largest absolute Gasteiger partial charge is 0.394 e. The number of aromatic nitrogens is 2. The van der Waals surface area contributed by atoms with E-state index in [1.807, 2.05) is 6.20 Å². The molecule has 1 atom stereocenters. The molecule has 1 aromatic heterocycles. The van der Waals surface area contributed by atoms with Crippen molar-refractivity contribution in [2.75, 3.05) is 29.9 Å². The molecule has 0 amide bonds. The van der Waals surface area contributed by atoms with Crippen LogP contribution >= 0.6 is 0 Å².